The van der Waals surface area contributed by atoms with Crippen LogP contribution in [0.1, 0.15) is 17.5 Å². The van der Waals surface area contributed by atoms with Crippen molar-refractivity contribution in [2.75, 3.05) is 13.1 Å². The molecule has 3 heterocycles. The summed E-state index contributed by atoms with van der Waals surface area (Å²) >= 11 is 1.77. The molecule has 3 aromatic rings. The molecule has 0 saturated carbocycles. The standard InChI is InChI=1S/C21H20N2S/c1-2-5-18(6-3-1)19-8-10-23(11-9-19)16-17-13-20(15-22-14-17)21-7-4-12-24-21/h1-8,12-15H,9-11,16H2. The van der Waals surface area contributed by atoms with E-state index in [1.54, 1.807) is 11.3 Å². The number of hydrogen-bond donors (Lipinski definition) is 0. The molecular weight excluding hydrogens is 312 g/mol. The Labute approximate surface area is 147 Å². The third-order valence-electron chi connectivity index (χ3n) is 4.44. The second-order valence-electron chi connectivity index (χ2n) is 6.14. The molecule has 0 aliphatic carbocycles. The average Bonchev–Trinajstić information content (AvgIpc) is 3.18. The highest BCUT2D eigenvalue weighted by molar-refractivity contribution is 7.13. The lowest BCUT2D eigenvalue weighted by Gasteiger charge is -2.26. The summed E-state index contributed by atoms with van der Waals surface area (Å²) in [5.74, 6) is 0. The zero-order valence-electron chi connectivity index (χ0n) is 13.6. The minimum atomic E-state index is 0.963. The summed E-state index contributed by atoms with van der Waals surface area (Å²) in [6.45, 7) is 3.07. The Morgan fingerprint density at radius 2 is 1.92 bits per heavy atom. The quantitative estimate of drug-likeness (QED) is 0.661. The van der Waals surface area contributed by atoms with E-state index in [2.05, 4.69) is 69.9 Å². The van der Waals surface area contributed by atoms with E-state index in [1.807, 2.05) is 12.4 Å². The molecule has 0 unspecified atom stereocenters. The van der Waals surface area contributed by atoms with Gasteiger partial charge in [0.1, 0.15) is 0 Å². The third kappa shape index (κ3) is 3.48. The summed E-state index contributed by atoms with van der Waals surface area (Å²) < 4.78 is 0. The molecular formula is C21H20N2S. The van der Waals surface area contributed by atoms with Crippen molar-refractivity contribution in [1.82, 2.24) is 9.88 Å². The Bertz CT molecular complexity index is 822. The van der Waals surface area contributed by atoms with Crippen molar-refractivity contribution >= 4 is 16.9 Å². The van der Waals surface area contributed by atoms with Gasteiger partial charge in [0.15, 0.2) is 0 Å². The van der Waals surface area contributed by atoms with E-state index in [9.17, 15) is 0 Å². The zero-order chi connectivity index (χ0) is 16.2. The van der Waals surface area contributed by atoms with Gasteiger partial charge in [-0.05, 0) is 40.6 Å². The predicted molar refractivity (Wildman–Crippen MR) is 102 cm³/mol. The van der Waals surface area contributed by atoms with Crippen LogP contribution in [0.2, 0.25) is 0 Å². The lowest BCUT2D eigenvalue weighted by molar-refractivity contribution is 0.293. The van der Waals surface area contributed by atoms with Crippen LogP contribution in [0, 0.1) is 0 Å². The molecule has 0 fully saturated rings. The molecule has 4 rings (SSSR count). The van der Waals surface area contributed by atoms with Gasteiger partial charge in [-0.25, -0.2) is 0 Å². The van der Waals surface area contributed by atoms with Gasteiger partial charge in [-0.2, -0.15) is 0 Å². The fourth-order valence-corrected chi connectivity index (χ4v) is 3.89. The summed E-state index contributed by atoms with van der Waals surface area (Å²) in [5.41, 5.74) is 5.34. The first kappa shape index (κ1) is 15.3. The van der Waals surface area contributed by atoms with Gasteiger partial charge in [0, 0.05) is 42.5 Å². The summed E-state index contributed by atoms with van der Waals surface area (Å²) in [6.07, 6.45) is 7.43. The van der Waals surface area contributed by atoms with Crippen molar-refractivity contribution in [3.63, 3.8) is 0 Å². The van der Waals surface area contributed by atoms with Gasteiger partial charge in [-0.15, -0.1) is 11.3 Å². The number of hydrogen-bond acceptors (Lipinski definition) is 3. The number of aromatic nitrogens is 1. The monoisotopic (exact) mass is 332 g/mol. The second kappa shape index (κ2) is 7.12. The Morgan fingerprint density at radius 1 is 1.00 bits per heavy atom. The largest absolute Gasteiger partial charge is 0.295 e. The van der Waals surface area contributed by atoms with Gasteiger partial charge in [0.25, 0.3) is 0 Å². The minimum Gasteiger partial charge on any atom is -0.295 e. The van der Waals surface area contributed by atoms with Crippen LogP contribution in [0.5, 0.6) is 0 Å². The maximum absolute atomic E-state index is 4.43. The predicted octanol–water partition coefficient (Wildman–Crippen LogP) is 5.10. The maximum Gasteiger partial charge on any atom is 0.0358 e. The molecule has 1 aromatic carbocycles. The number of rotatable bonds is 4. The van der Waals surface area contributed by atoms with Crippen LogP contribution in [0.3, 0.4) is 0 Å². The van der Waals surface area contributed by atoms with Crippen LogP contribution in [-0.2, 0) is 6.54 Å². The molecule has 120 valence electrons. The van der Waals surface area contributed by atoms with Crippen molar-refractivity contribution < 1.29 is 0 Å². The summed E-state index contributed by atoms with van der Waals surface area (Å²) in [4.78, 5) is 8.21. The lowest BCUT2D eigenvalue weighted by atomic mass is 9.99. The first-order valence-corrected chi connectivity index (χ1v) is 9.21. The molecule has 0 atom stereocenters. The third-order valence-corrected chi connectivity index (χ3v) is 5.36. The Balaban J connectivity index is 1.44. The molecule has 0 bridgehead atoms. The van der Waals surface area contributed by atoms with Crippen LogP contribution in [0.15, 0.2) is 72.4 Å². The highest BCUT2D eigenvalue weighted by Gasteiger charge is 2.13. The summed E-state index contributed by atoms with van der Waals surface area (Å²) in [5, 5.41) is 2.11. The van der Waals surface area contributed by atoms with E-state index in [0.717, 1.165) is 26.1 Å². The Morgan fingerprint density at radius 3 is 2.67 bits per heavy atom. The molecule has 1 aliphatic rings. The maximum atomic E-state index is 4.43. The molecule has 1 aliphatic heterocycles. The van der Waals surface area contributed by atoms with Crippen molar-refractivity contribution in [3.8, 4) is 10.4 Å². The Hall–Kier alpha value is -2.23. The molecule has 0 spiro atoms. The molecule has 0 saturated heterocycles. The first-order chi connectivity index (χ1) is 11.9. The normalized spacial score (nSPS) is 15.2. The van der Waals surface area contributed by atoms with Crippen molar-refractivity contribution in [3.05, 3.63) is 83.5 Å². The minimum absolute atomic E-state index is 0.963. The lowest BCUT2D eigenvalue weighted by Crippen LogP contribution is -2.28. The van der Waals surface area contributed by atoms with Crippen LogP contribution in [0.25, 0.3) is 16.0 Å². The van der Waals surface area contributed by atoms with Gasteiger partial charge >= 0.3 is 0 Å². The van der Waals surface area contributed by atoms with Gasteiger partial charge in [0.05, 0.1) is 0 Å². The zero-order valence-corrected chi connectivity index (χ0v) is 14.4. The SMILES string of the molecule is C1=C(c2ccccc2)CCN(Cc2cncc(-c3cccs3)c2)C1. The molecule has 3 heteroatoms. The van der Waals surface area contributed by atoms with Crippen LogP contribution >= 0.6 is 11.3 Å². The molecule has 2 aromatic heterocycles. The van der Waals surface area contributed by atoms with Crippen molar-refractivity contribution in [1.29, 1.82) is 0 Å². The molecule has 0 radical (unpaired) electrons. The highest BCUT2D eigenvalue weighted by Crippen LogP contribution is 2.26. The van der Waals surface area contributed by atoms with Gasteiger partial charge in [-0.3, -0.25) is 9.88 Å². The van der Waals surface area contributed by atoms with Crippen LogP contribution in [0.4, 0.5) is 0 Å². The molecule has 24 heavy (non-hydrogen) atoms. The highest BCUT2D eigenvalue weighted by atomic mass is 32.1. The van der Waals surface area contributed by atoms with E-state index in [-0.39, 0.29) is 0 Å². The van der Waals surface area contributed by atoms with Gasteiger partial charge in [-0.1, -0.05) is 42.5 Å². The molecule has 0 N–H and O–H groups in total. The fraction of sp³-hybridized carbons (Fsp3) is 0.190. The topological polar surface area (TPSA) is 16.1 Å². The van der Waals surface area contributed by atoms with E-state index < -0.39 is 0 Å². The fourth-order valence-electron chi connectivity index (χ4n) is 3.18. The number of thiophene rings is 1. The molecule has 0 amide bonds. The number of pyridine rings is 1. The van der Waals surface area contributed by atoms with E-state index in [4.69, 9.17) is 0 Å². The first-order valence-electron chi connectivity index (χ1n) is 8.33. The smallest absolute Gasteiger partial charge is 0.0358 e. The van der Waals surface area contributed by atoms with E-state index >= 15 is 0 Å². The van der Waals surface area contributed by atoms with E-state index in [1.165, 1.54) is 27.1 Å². The van der Waals surface area contributed by atoms with Crippen LogP contribution in [-0.4, -0.2) is 23.0 Å². The average molecular weight is 332 g/mol. The van der Waals surface area contributed by atoms with Gasteiger partial charge in [0.2, 0.25) is 0 Å². The van der Waals surface area contributed by atoms with Crippen LogP contribution < -0.4 is 0 Å². The second-order valence-corrected chi connectivity index (χ2v) is 7.09. The summed E-state index contributed by atoms with van der Waals surface area (Å²) in [6, 6.07) is 17.2. The van der Waals surface area contributed by atoms with E-state index in [0.29, 0.717) is 0 Å². The Kier molecular flexibility index (Phi) is 4.54. The summed E-state index contributed by atoms with van der Waals surface area (Å²) in [7, 11) is 0. The number of benzene rings is 1. The van der Waals surface area contributed by atoms with Crippen molar-refractivity contribution in [2.24, 2.45) is 0 Å². The van der Waals surface area contributed by atoms with Gasteiger partial charge < -0.3 is 0 Å². The number of nitrogens with zero attached hydrogens (tertiary/aromatic N) is 2. The molecule has 2 nitrogen and oxygen atoms in total. The van der Waals surface area contributed by atoms with Crippen molar-refractivity contribution in [2.45, 2.75) is 13.0 Å².